The van der Waals surface area contributed by atoms with Gasteiger partial charge in [-0.1, -0.05) is 0 Å². The van der Waals surface area contributed by atoms with Gasteiger partial charge in [-0.3, -0.25) is 9.59 Å². The van der Waals surface area contributed by atoms with Crippen molar-refractivity contribution in [3.05, 3.63) is 44.1 Å². The minimum atomic E-state index is -2.02. The van der Waals surface area contributed by atoms with E-state index in [2.05, 4.69) is 96.1 Å². The Kier molecular flexibility index (Phi) is 14.7. The minimum absolute atomic E-state index is 0.0401. The molecule has 0 fully saturated rings. The highest BCUT2D eigenvalue weighted by atomic mass is 127. The number of phenols is 1. The third-order valence-electron chi connectivity index (χ3n) is 4.50. The fourth-order valence-electron chi connectivity index (χ4n) is 2.53. The molecule has 10 N–H and O–H groups in total. The van der Waals surface area contributed by atoms with E-state index in [0.29, 0.717) is 18.6 Å². The Morgan fingerprint density at radius 3 is 1.81 bits per heavy atom. The van der Waals surface area contributed by atoms with Crippen LogP contribution in [-0.2, 0) is 20.8 Å². The maximum atomic E-state index is 10.9. The number of phenolic OH excluding ortho intramolecular Hbond substituents is 1. The third-order valence-corrected chi connectivity index (χ3v) is 7.74. The normalized spacial score (nSPS) is 14.8. The molecule has 2 rings (SSSR count). The van der Waals surface area contributed by atoms with Crippen LogP contribution in [0.5, 0.6) is 17.2 Å². The summed E-state index contributed by atoms with van der Waals surface area (Å²) in [7, 11) is 0. The Balaban J connectivity index is 0.000000448. The molecule has 2 aromatic rings. The smallest absolute Gasteiger partial charge is 0.320 e. The molecule has 5 atom stereocenters. The predicted octanol–water partition coefficient (Wildman–Crippen LogP) is 0.672. The van der Waals surface area contributed by atoms with Crippen LogP contribution in [0.3, 0.4) is 0 Å². The molecule has 0 aliphatic carbocycles. The van der Waals surface area contributed by atoms with Crippen LogP contribution in [0.2, 0.25) is 0 Å². The number of amides is 1. The highest BCUT2D eigenvalue weighted by Gasteiger charge is 2.33. The Hall–Kier alpha value is -0.630. The van der Waals surface area contributed by atoms with Gasteiger partial charge in [-0.25, -0.2) is 0 Å². The van der Waals surface area contributed by atoms with Crippen LogP contribution >= 0.6 is 90.4 Å². The number of halogens is 4. The number of aliphatic carboxylic acids is 1. The van der Waals surface area contributed by atoms with Gasteiger partial charge in [0, 0.05) is 0 Å². The van der Waals surface area contributed by atoms with E-state index in [-0.39, 0.29) is 18.5 Å². The van der Waals surface area contributed by atoms with Gasteiger partial charge in [0.05, 0.1) is 14.3 Å². The lowest BCUT2D eigenvalue weighted by atomic mass is 10.0. The fraction of sp³-hybridized carbons (Fsp3) is 0.286. The summed E-state index contributed by atoms with van der Waals surface area (Å²) in [6.07, 6.45) is -7.61. The van der Waals surface area contributed by atoms with Crippen LogP contribution in [0.4, 0.5) is 0 Å². The first-order chi connectivity index (χ1) is 17.1. The molecule has 0 aromatic heterocycles. The quantitative estimate of drug-likeness (QED) is 0.122. The molecular formula is C21H22I4N2O10. The van der Waals surface area contributed by atoms with Gasteiger partial charge in [-0.2, -0.15) is 0 Å². The molecule has 0 bridgehead atoms. The summed E-state index contributed by atoms with van der Waals surface area (Å²) in [5.74, 6) is -0.710. The van der Waals surface area contributed by atoms with Gasteiger partial charge >= 0.3 is 5.97 Å². The van der Waals surface area contributed by atoms with E-state index in [0.717, 1.165) is 12.7 Å². The van der Waals surface area contributed by atoms with Crippen molar-refractivity contribution in [2.75, 3.05) is 0 Å². The SMILES string of the molecule is NC(=O)[C@@H](O)[C@H](O)[C@H](O)[C@@H](O)C=O.N[C@@H](Cc1cc(I)c(Oc2cc(I)c(O)c(I)c2)c(I)c1)C(=O)O. The van der Waals surface area contributed by atoms with E-state index < -0.39 is 42.3 Å². The maximum Gasteiger partial charge on any atom is 0.320 e. The minimum Gasteiger partial charge on any atom is -0.506 e. The summed E-state index contributed by atoms with van der Waals surface area (Å²) >= 11 is 8.42. The van der Waals surface area contributed by atoms with Gasteiger partial charge in [0.15, 0.2) is 18.1 Å². The lowest BCUT2D eigenvalue weighted by Gasteiger charge is -2.21. The number of rotatable bonds is 10. The van der Waals surface area contributed by atoms with Crippen LogP contribution in [0.1, 0.15) is 5.56 Å². The zero-order chi connectivity index (χ0) is 28.6. The first-order valence-electron chi connectivity index (χ1n) is 9.89. The summed E-state index contributed by atoms with van der Waals surface area (Å²) in [6, 6.07) is 6.34. The van der Waals surface area contributed by atoms with Crippen molar-refractivity contribution in [1.29, 1.82) is 0 Å². The lowest BCUT2D eigenvalue weighted by molar-refractivity contribution is -0.147. The number of aliphatic hydroxyl groups is 4. The zero-order valence-electron chi connectivity index (χ0n) is 18.5. The Bertz CT molecular complexity index is 1090. The van der Waals surface area contributed by atoms with Crippen molar-refractivity contribution in [1.82, 2.24) is 0 Å². The van der Waals surface area contributed by atoms with Crippen molar-refractivity contribution in [3.8, 4) is 17.2 Å². The van der Waals surface area contributed by atoms with Crippen LogP contribution in [0, 0.1) is 14.3 Å². The molecule has 0 aliphatic heterocycles. The average molecular weight is 970 g/mol. The van der Waals surface area contributed by atoms with Crippen molar-refractivity contribution < 1.29 is 49.8 Å². The molecule has 0 radical (unpaired) electrons. The van der Waals surface area contributed by atoms with Crippen molar-refractivity contribution in [3.63, 3.8) is 0 Å². The Morgan fingerprint density at radius 2 is 1.41 bits per heavy atom. The van der Waals surface area contributed by atoms with Gasteiger partial charge in [-0.05, 0) is 127 Å². The number of hydrogen-bond acceptors (Lipinski definition) is 10. The third kappa shape index (κ3) is 10.5. The summed E-state index contributed by atoms with van der Waals surface area (Å²) in [4.78, 5) is 31.1. The summed E-state index contributed by atoms with van der Waals surface area (Å²) in [6.45, 7) is 0. The molecule has 204 valence electrons. The number of carboxylic acid groups (broad SMARTS) is 1. The molecule has 0 unspecified atom stereocenters. The van der Waals surface area contributed by atoms with E-state index in [9.17, 15) is 19.5 Å². The number of primary amides is 1. The predicted molar refractivity (Wildman–Crippen MR) is 164 cm³/mol. The lowest BCUT2D eigenvalue weighted by Crippen LogP contribution is -2.49. The standard InChI is InChI=1S/C15H11I4NO4.C6H11NO6/c16-8-4-7(5-9(17)13(8)21)24-14-10(18)1-6(2-11(14)19)3-12(20)15(22)23;7-6(13)5(12)4(11)3(10)2(9)1-8/h1-2,4-5,12,21H,3,20H2,(H,22,23);1-5,9-12H,(H2,7,13)/t12-;2-,3+,4+,5-/m00/s1. The molecule has 0 saturated carbocycles. The molecular weight excluding hydrogens is 948 g/mol. The van der Waals surface area contributed by atoms with Gasteiger partial charge in [0.1, 0.15) is 35.9 Å². The average Bonchev–Trinajstić information content (AvgIpc) is 2.82. The molecule has 2 aromatic carbocycles. The molecule has 12 nitrogen and oxygen atoms in total. The van der Waals surface area contributed by atoms with Crippen LogP contribution < -0.4 is 16.2 Å². The second-order valence-corrected chi connectivity index (χ2v) is 12.0. The number of carbonyl (C=O) groups excluding carboxylic acids is 2. The van der Waals surface area contributed by atoms with Gasteiger partial charge in [0.25, 0.3) is 0 Å². The number of carbonyl (C=O) groups is 3. The van der Waals surface area contributed by atoms with E-state index >= 15 is 0 Å². The van der Waals surface area contributed by atoms with Crippen LogP contribution in [0.15, 0.2) is 24.3 Å². The van der Waals surface area contributed by atoms with E-state index in [1.807, 2.05) is 12.1 Å². The molecule has 0 saturated heterocycles. The number of hydrogen-bond donors (Lipinski definition) is 8. The molecule has 0 heterocycles. The zero-order valence-corrected chi connectivity index (χ0v) is 27.1. The highest BCUT2D eigenvalue weighted by Crippen LogP contribution is 2.36. The highest BCUT2D eigenvalue weighted by molar-refractivity contribution is 14.1. The number of nitrogens with two attached hydrogens (primary N) is 2. The van der Waals surface area contributed by atoms with E-state index in [1.54, 1.807) is 12.1 Å². The fourth-order valence-corrected chi connectivity index (χ4v) is 6.35. The van der Waals surface area contributed by atoms with E-state index in [1.165, 1.54) is 0 Å². The Labute approximate surface area is 265 Å². The second-order valence-electron chi connectivity index (χ2n) is 7.33. The second kappa shape index (κ2) is 15.8. The summed E-state index contributed by atoms with van der Waals surface area (Å²) in [5.41, 5.74) is 11.0. The maximum absolute atomic E-state index is 10.9. The van der Waals surface area contributed by atoms with Gasteiger partial charge < -0.3 is 51.6 Å². The van der Waals surface area contributed by atoms with Crippen molar-refractivity contribution >= 4 is 109 Å². The van der Waals surface area contributed by atoms with Crippen molar-refractivity contribution in [2.24, 2.45) is 11.5 Å². The number of aldehydes is 1. The van der Waals surface area contributed by atoms with Crippen molar-refractivity contribution in [2.45, 2.75) is 36.9 Å². The Morgan fingerprint density at radius 1 is 0.919 bits per heavy atom. The number of aromatic hydroxyl groups is 1. The molecule has 0 aliphatic rings. The summed E-state index contributed by atoms with van der Waals surface area (Å²) < 4.78 is 9.14. The molecule has 16 heteroatoms. The largest absolute Gasteiger partial charge is 0.506 e. The summed E-state index contributed by atoms with van der Waals surface area (Å²) in [5, 5.41) is 54.1. The topological polar surface area (TPSA) is 234 Å². The first-order valence-corrected chi connectivity index (χ1v) is 14.2. The number of benzene rings is 2. The molecule has 37 heavy (non-hydrogen) atoms. The van der Waals surface area contributed by atoms with E-state index in [4.69, 9.17) is 36.0 Å². The number of aliphatic hydroxyl groups excluding tert-OH is 4. The van der Waals surface area contributed by atoms with Gasteiger partial charge in [-0.15, -0.1) is 0 Å². The van der Waals surface area contributed by atoms with Gasteiger partial charge in [0.2, 0.25) is 5.91 Å². The molecule has 1 amide bonds. The monoisotopic (exact) mass is 970 g/mol. The molecule has 0 spiro atoms. The van der Waals surface area contributed by atoms with Crippen LogP contribution in [-0.4, -0.2) is 79.3 Å². The van der Waals surface area contributed by atoms with Crippen LogP contribution in [0.25, 0.3) is 0 Å². The first kappa shape index (κ1) is 34.4. The number of carboxylic acids is 1. The number of ether oxygens (including phenoxy) is 1.